The van der Waals surface area contributed by atoms with Crippen LogP contribution in [0.15, 0.2) is 17.7 Å². The molecule has 2 N–H and O–H groups in total. The molecule has 1 aromatic rings. The van der Waals surface area contributed by atoms with Crippen LogP contribution in [0.5, 0.6) is 11.5 Å². The zero-order valence-electron chi connectivity index (χ0n) is 15.9. The van der Waals surface area contributed by atoms with Crippen LogP contribution in [0.25, 0.3) is 0 Å². The number of carbonyl (C=O) groups is 1. The van der Waals surface area contributed by atoms with Crippen molar-refractivity contribution in [2.45, 2.75) is 64.9 Å². The SMILES string of the molecule is CCCc1cc2c(c(O)c1C(=O)NC)C1C=C(C)CCC1C(C)(C)O2. The molecule has 1 amide bonds. The van der Waals surface area contributed by atoms with Crippen molar-refractivity contribution < 1.29 is 14.6 Å². The second-order valence-corrected chi connectivity index (χ2v) is 7.89. The number of allylic oxidation sites excluding steroid dienone is 2. The highest BCUT2D eigenvalue weighted by Gasteiger charge is 2.46. The number of phenolic OH excluding ortho intramolecular Hbond substituents is 1. The summed E-state index contributed by atoms with van der Waals surface area (Å²) < 4.78 is 6.34. The Balaban J connectivity index is 2.25. The minimum Gasteiger partial charge on any atom is -0.507 e. The number of fused-ring (bicyclic) bond motifs is 3. The molecule has 0 radical (unpaired) electrons. The molecule has 0 spiro atoms. The van der Waals surface area contributed by atoms with Crippen LogP contribution in [-0.2, 0) is 6.42 Å². The minimum absolute atomic E-state index is 0.0894. The van der Waals surface area contributed by atoms with E-state index in [-0.39, 0.29) is 23.2 Å². The largest absolute Gasteiger partial charge is 0.507 e. The van der Waals surface area contributed by atoms with E-state index in [1.807, 2.05) is 6.07 Å². The third-order valence-electron chi connectivity index (χ3n) is 5.70. The lowest BCUT2D eigenvalue weighted by Crippen LogP contribution is -2.45. The van der Waals surface area contributed by atoms with Gasteiger partial charge in [0.2, 0.25) is 0 Å². The summed E-state index contributed by atoms with van der Waals surface area (Å²) in [7, 11) is 1.60. The van der Waals surface area contributed by atoms with Gasteiger partial charge in [-0.25, -0.2) is 0 Å². The number of aryl methyl sites for hydroxylation is 1. The predicted molar refractivity (Wildman–Crippen MR) is 99.4 cm³/mol. The Morgan fingerprint density at radius 1 is 1.44 bits per heavy atom. The molecule has 2 atom stereocenters. The maximum atomic E-state index is 12.4. The molecule has 2 aliphatic rings. The van der Waals surface area contributed by atoms with Crippen LogP contribution in [0, 0.1) is 5.92 Å². The predicted octanol–water partition coefficient (Wildman–Crippen LogP) is 4.32. The van der Waals surface area contributed by atoms with Crippen molar-refractivity contribution in [1.29, 1.82) is 0 Å². The maximum absolute atomic E-state index is 12.4. The summed E-state index contributed by atoms with van der Waals surface area (Å²) >= 11 is 0. The first-order valence-electron chi connectivity index (χ1n) is 9.27. The van der Waals surface area contributed by atoms with Crippen LogP contribution in [0.3, 0.4) is 0 Å². The number of nitrogens with one attached hydrogen (secondary N) is 1. The Hall–Kier alpha value is -1.97. The first kappa shape index (κ1) is 17.8. The van der Waals surface area contributed by atoms with Gasteiger partial charge in [0.25, 0.3) is 5.91 Å². The summed E-state index contributed by atoms with van der Waals surface area (Å²) in [6.07, 6.45) is 5.97. The molecular formula is C21H29NO3. The van der Waals surface area contributed by atoms with Crippen LogP contribution in [0.1, 0.15) is 74.4 Å². The second-order valence-electron chi connectivity index (χ2n) is 7.89. The van der Waals surface area contributed by atoms with E-state index in [9.17, 15) is 9.90 Å². The summed E-state index contributed by atoms with van der Waals surface area (Å²) in [5.41, 5.74) is 3.08. The maximum Gasteiger partial charge on any atom is 0.255 e. The van der Waals surface area contributed by atoms with Gasteiger partial charge in [0.1, 0.15) is 17.1 Å². The van der Waals surface area contributed by atoms with E-state index in [0.717, 1.165) is 42.6 Å². The highest BCUT2D eigenvalue weighted by Crippen LogP contribution is 2.54. The van der Waals surface area contributed by atoms with Crippen LogP contribution < -0.4 is 10.1 Å². The zero-order valence-corrected chi connectivity index (χ0v) is 15.9. The van der Waals surface area contributed by atoms with Crippen LogP contribution in [-0.4, -0.2) is 23.7 Å². The Morgan fingerprint density at radius 3 is 2.80 bits per heavy atom. The smallest absolute Gasteiger partial charge is 0.255 e. The molecule has 1 aliphatic carbocycles. The standard InChI is InChI=1S/C21H29NO3/c1-6-7-13-11-16-18(19(23)17(13)20(24)22-5)14-10-12(2)8-9-15(14)21(3,4)25-16/h10-11,14-15,23H,6-9H2,1-5H3,(H,22,24). The van der Waals surface area contributed by atoms with Gasteiger partial charge in [-0.05, 0) is 51.7 Å². The highest BCUT2D eigenvalue weighted by molar-refractivity contribution is 5.99. The summed E-state index contributed by atoms with van der Waals surface area (Å²) in [6.45, 7) is 8.47. The zero-order chi connectivity index (χ0) is 18.4. The lowest BCUT2D eigenvalue weighted by molar-refractivity contribution is 0.0107. The van der Waals surface area contributed by atoms with Crippen molar-refractivity contribution in [3.05, 3.63) is 34.4 Å². The number of ether oxygens (including phenoxy) is 1. The fourth-order valence-corrected chi connectivity index (χ4v) is 4.46. The fraction of sp³-hybridized carbons (Fsp3) is 0.571. The molecule has 0 saturated heterocycles. The number of phenols is 1. The third kappa shape index (κ3) is 2.92. The molecule has 1 aromatic carbocycles. The molecule has 0 aromatic heterocycles. The van der Waals surface area contributed by atoms with Crippen molar-refractivity contribution in [1.82, 2.24) is 5.32 Å². The number of amides is 1. The van der Waals surface area contributed by atoms with E-state index in [2.05, 4.69) is 39.1 Å². The second kappa shape index (κ2) is 6.40. The number of aromatic hydroxyl groups is 1. The quantitative estimate of drug-likeness (QED) is 0.804. The summed E-state index contributed by atoms with van der Waals surface area (Å²) in [5, 5.41) is 13.7. The summed E-state index contributed by atoms with van der Waals surface area (Å²) in [6, 6.07) is 1.97. The normalized spacial score (nSPS) is 23.8. The third-order valence-corrected chi connectivity index (χ3v) is 5.70. The van der Waals surface area contributed by atoms with Gasteiger partial charge in [0.15, 0.2) is 0 Å². The van der Waals surface area contributed by atoms with Gasteiger partial charge in [0, 0.05) is 24.4 Å². The highest BCUT2D eigenvalue weighted by atomic mass is 16.5. The van der Waals surface area contributed by atoms with E-state index in [1.54, 1.807) is 7.05 Å². The van der Waals surface area contributed by atoms with E-state index in [4.69, 9.17) is 4.74 Å². The number of hydrogen-bond donors (Lipinski definition) is 2. The van der Waals surface area contributed by atoms with Crippen molar-refractivity contribution in [3.8, 4) is 11.5 Å². The van der Waals surface area contributed by atoms with Gasteiger partial charge in [-0.1, -0.05) is 25.0 Å². The van der Waals surface area contributed by atoms with E-state index in [1.165, 1.54) is 5.57 Å². The molecule has 4 heteroatoms. The lowest BCUT2D eigenvalue weighted by Gasteiger charge is -2.46. The van der Waals surface area contributed by atoms with Gasteiger partial charge in [-0.2, -0.15) is 0 Å². The monoisotopic (exact) mass is 343 g/mol. The number of hydrogen-bond acceptors (Lipinski definition) is 3. The molecule has 3 rings (SSSR count). The summed E-state index contributed by atoms with van der Waals surface area (Å²) in [5.74, 6) is 0.972. The Kier molecular flexibility index (Phi) is 4.56. The van der Waals surface area contributed by atoms with Crippen molar-refractivity contribution in [2.24, 2.45) is 5.92 Å². The van der Waals surface area contributed by atoms with Gasteiger partial charge in [-0.15, -0.1) is 0 Å². The van der Waals surface area contributed by atoms with Crippen LogP contribution in [0.4, 0.5) is 0 Å². The molecule has 0 bridgehead atoms. The van der Waals surface area contributed by atoms with Gasteiger partial charge in [0.05, 0.1) is 5.56 Å². The fourth-order valence-electron chi connectivity index (χ4n) is 4.46. The molecule has 25 heavy (non-hydrogen) atoms. The van der Waals surface area contributed by atoms with Gasteiger partial charge < -0.3 is 15.2 Å². The van der Waals surface area contributed by atoms with E-state index in [0.29, 0.717) is 11.5 Å². The van der Waals surface area contributed by atoms with Gasteiger partial charge in [-0.3, -0.25) is 4.79 Å². The Morgan fingerprint density at radius 2 is 2.16 bits per heavy atom. The topological polar surface area (TPSA) is 58.6 Å². The average molecular weight is 343 g/mol. The lowest BCUT2D eigenvalue weighted by atomic mass is 9.67. The Labute approximate surface area is 150 Å². The average Bonchev–Trinajstić information content (AvgIpc) is 2.53. The molecular weight excluding hydrogens is 314 g/mol. The Bertz CT molecular complexity index is 733. The van der Waals surface area contributed by atoms with E-state index >= 15 is 0 Å². The summed E-state index contributed by atoms with van der Waals surface area (Å²) in [4.78, 5) is 12.4. The van der Waals surface area contributed by atoms with E-state index < -0.39 is 0 Å². The molecule has 4 nitrogen and oxygen atoms in total. The van der Waals surface area contributed by atoms with Crippen LogP contribution in [0.2, 0.25) is 0 Å². The van der Waals surface area contributed by atoms with Crippen LogP contribution >= 0.6 is 0 Å². The van der Waals surface area contributed by atoms with Gasteiger partial charge >= 0.3 is 0 Å². The number of carbonyl (C=O) groups excluding carboxylic acids is 1. The minimum atomic E-state index is -0.292. The molecule has 0 saturated carbocycles. The molecule has 1 aliphatic heterocycles. The first-order chi connectivity index (χ1) is 11.8. The first-order valence-corrected chi connectivity index (χ1v) is 9.27. The van der Waals surface area contributed by atoms with Crippen molar-refractivity contribution >= 4 is 5.91 Å². The number of rotatable bonds is 3. The van der Waals surface area contributed by atoms with Crippen molar-refractivity contribution in [2.75, 3.05) is 7.05 Å². The number of benzene rings is 1. The van der Waals surface area contributed by atoms with Crippen molar-refractivity contribution in [3.63, 3.8) is 0 Å². The molecule has 0 fully saturated rings. The molecule has 2 unspecified atom stereocenters. The molecule has 136 valence electrons. The molecule has 1 heterocycles.